The summed E-state index contributed by atoms with van der Waals surface area (Å²) in [6, 6.07) is 0. The third-order valence-corrected chi connectivity index (χ3v) is 3.02. The molecule has 0 radical (unpaired) electrons. The van der Waals surface area contributed by atoms with Crippen LogP contribution in [0.15, 0.2) is 0 Å². The highest BCUT2D eigenvalue weighted by Gasteiger charge is 2.58. The maximum atomic E-state index is 5.53. The van der Waals surface area contributed by atoms with Crippen LogP contribution in [0.4, 0.5) is 0 Å². The van der Waals surface area contributed by atoms with E-state index in [1.165, 1.54) is 6.42 Å². The number of hydrogen-bond donors (Lipinski definition) is 0. The van der Waals surface area contributed by atoms with Crippen molar-refractivity contribution >= 4 is 0 Å². The number of likely N-dealkylation sites (N-methyl/N-ethyl adjacent to an activating group) is 1. The first-order chi connectivity index (χ1) is 5.27. The number of epoxide rings is 2. The van der Waals surface area contributed by atoms with Gasteiger partial charge in [0, 0.05) is 0 Å². The molecule has 3 aliphatic heterocycles. The van der Waals surface area contributed by atoms with Crippen molar-refractivity contribution in [2.24, 2.45) is 5.92 Å². The molecule has 5 unspecified atom stereocenters. The van der Waals surface area contributed by atoms with E-state index >= 15 is 0 Å². The van der Waals surface area contributed by atoms with Crippen LogP contribution in [0, 0.1) is 5.92 Å². The van der Waals surface area contributed by atoms with Gasteiger partial charge in [-0.05, 0) is 19.4 Å². The molecule has 0 aliphatic carbocycles. The monoisotopic (exact) mass is 155 g/mol. The molecular weight excluding hydrogens is 142 g/mol. The van der Waals surface area contributed by atoms with E-state index < -0.39 is 0 Å². The molecule has 5 atom stereocenters. The predicted molar refractivity (Wildman–Crippen MR) is 38.9 cm³/mol. The average molecular weight is 155 g/mol. The Hall–Kier alpha value is -0.120. The van der Waals surface area contributed by atoms with Crippen LogP contribution in [0.5, 0.6) is 0 Å². The van der Waals surface area contributed by atoms with E-state index in [4.69, 9.17) is 9.47 Å². The summed E-state index contributed by atoms with van der Waals surface area (Å²) >= 11 is 0. The molecule has 0 aromatic rings. The van der Waals surface area contributed by atoms with Gasteiger partial charge in [-0.3, -0.25) is 4.90 Å². The number of hydrogen-bond acceptors (Lipinski definition) is 3. The second-order valence-electron chi connectivity index (χ2n) is 3.93. The molecule has 3 aliphatic rings. The highest BCUT2D eigenvalue weighted by atomic mass is 16.7. The first-order valence-electron chi connectivity index (χ1n) is 4.30. The molecule has 11 heavy (non-hydrogen) atoms. The van der Waals surface area contributed by atoms with Gasteiger partial charge in [0.25, 0.3) is 0 Å². The smallest absolute Gasteiger partial charge is 0.139 e. The number of ether oxygens (including phenoxy) is 2. The summed E-state index contributed by atoms with van der Waals surface area (Å²) in [6.45, 7) is 2.25. The molecule has 62 valence electrons. The van der Waals surface area contributed by atoms with Gasteiger partial charge in [0.2, 0.25) is 0 Å². The van der Waals surface area contributed by atoms with Gasteiger partial charge in [-0.2, -0.15) is 0 Å². The van der Waals surface area contributed by atoms with Crippen molar-refractivity contribution in [3.05, 3.63) is 0 Å². The van der Waals surface area contributed by atoms with Crippen molar-refractivity contribution in [1.82, 2.24) is 4.90 Å². The molecule has 0 amide bonds. The Morgan fingerprint density at radius 1 is 1.27 bits per heavy atom. The van der Waals surface area contributed by atoms with E-state index in [1.807, 2.05) is 0 Å². The van der Waals surface area contributed by atoms with E-state index in [0.29, 0.717) is 30.6 Å². The van der Waals surface area contributed by atoms with Gasteiger partial charge in [-0.1, -0.05) is 6.92 Å². The SMILES string of the molecule is CC1CC2OC2N(C)C2OC12. The van der Waals surface area contributed by atoms with E-state index in [-0.39, 0.29) is 0 Å². The Balaban J connectivity index is 1.83. The van der Waals surface area contributed by atoms with Gasteiger partial charge in [0.15, 0.2) is 0 Å². The molecule has 0 aromatic carbocycles. The molecule has 3 heterocycles. The topological polar surface area (TPSA) is 28.3 Å². The highest BCUT2D eigenvalue weighted by molar-refractivity contribution is 5.00. The Morgan fingerprint density at radius 3 is 2.91 bits per heavy atom. The van der Waals surface area contributed by atoms with Crippen LogP contribution in [0.1, 0.15) is 13.3 Å². The van der Waals surface area contributed by atoms with Crippen molar-refractivity contribution in [1.29, 1.82) is 0 Å². The van der Waals surface area contributed by atoms with Crippen molar-refractivity contribution in [2.75, 3.05) is 7.05 Å². The fraction of sp³-hybridized carbons (Fsp3) is 1.00. The lowest BCUT2D eigenvalue weighted by Gasteiger charge is -2.08. The van der Waals surface area contributed by atoms with Crippen LogP contribution in [-0.2, 0) is 9.47 Å². The summed E-state index contributed by atoms with van der Waals surface area (Å²) in [5.74, 6) is 0.681. The zero-order valence-electron chi connectivity index (χ0n) is 6.86. The Bertz CT molecular complexity index is 197. The predicted octanol–water partition coefficient (Wildman–Crippen LogP) is 0.408. The number of rotatable bonds is 0. The van der Waals surface area contributed by atoms with Crippen molar-refractivity contribution in [3.63, 3.8) is 0 Å². The van der Waals surface area contributed by atoms with E-state index in [0.717, 1.165) is 0 Å². The van der Waals surface area contributed by atoms with Gasteiger partial charge in [-0.15, -0.1) is 0 Å². The quantitative estimate of drug-likeness (QED) is 0.474. The molecule has 3 saturated heterocycles. The third-order valence-electron chi connectivity index (χ3n) is 3.02. The lowest BCUT2D eigenvalue weighted by Crippen LogP contribution is -2.26. The second-order valence-corrected chi connectivity index (χ2v) is 3.93. The van der Waals surface area contributed by atoms with Crippen molar-refractivity contribution in [3.8, 4) is 0 Å². The van der Waals surface area contributed by atoms with Gasteiger partial charge >= 0.3 is 0 Å². The molecule has 0 bridgehead atoms. The van der Waals surface area contributed by atoms with Crippen LogP contribution < -0.4 is 0 Å². The highest BCUT2D eigenvalue weighted by Crippen LogP contribution is 2.45. The third kappa shape index (κ3) is 0.789. The summed E-state index contributed by atoms with van der Waals surface area (Å²) in [7, 11) is 2.09. The molecule has 0 N–H and O–H groups in total. The maximum absolute atomic E-state index is 5.53. The summed E-state index contributed by atoms with van der Waals surface area (Å²) < 4.78 is 11.0. The van der Waals surface area contributed by atoms with Gasteiger partial charge in [0.05, 0.1) is 6.10 Å². The van der Waals surface area contributed by atoms with Gasteiger partial charge < -0.3 is 9.47 Å². The van der Waals surface area contributed by atoms with Crippen LogP contribution in [0.25, 0.3) is 0 Å². The van der Waals surface area contributed by atoms with Crippen LogP contribution >= 0.6 is 0 Å². The lowest BCUT2D eigenvalue weighted by atomic mass is 10.0. The molecule has 0 saturated carbocycles. The number of likely N-dealkylation sites (tertiary alicyclic amines) is 1. The summed E-state index contributed by atoms with van der Waals surface area (Å²) in [4.78, 5) is 2.22. The zero-order valence-corrected chi connectivity index (χ0v) is 6.86. The van der Waals surface area contributed by atoms with Gasteiger partial charge in [0.1, 0.15) is 18.6 Å². The lowest BCUT2D eigenvalue weighted by molar-refractivity contribution is 0.144. The molecular formula is C8H13NO2. The molecule has 3 nitrogen and oxygen atoms in total. The van der Waals surface area contributed by atoms with Crippen LogP contribution in [0.3, 0.4) is 0 Å². The average Bonchev–Trinajstić information content (AvgIpc) is 2.78. The minimum Gasteiger partial charge on any atom is -0.353 e. The van der Waals surface area contributed by atoms with Gasteiger partial charge in [-0.25, -0.2) is 0 Å². The van der Waals surface area contributed by atoms with E-state index in [1.54, 1.807) is 0 Å². The molecule has 0 aromatic heterocycles. The fourth-order valence-corrected chi connectivity index (χ4v) is 2.17. The Labute approximate surface area is 66.3 Å². The standard InChI is InChI=1S/C8H13NO2/c1-4-3-5-7(10-5)9(2)8-6(4)11-8/h4-8H,3H2,1-2H3. The van der Waals surface area contributed by atoms with E-state index in [2.05, 4.69) is 18.9 Å². The minimum atomic E-state index is 0.363. The Kier molecular flexibility index (Phi) is 1.04. The van der Waals surface area contributed by atoms with Crippen LogP contribution in [-0.4, -0.2) is 36.6 Å². The molecule has 3 heteroatoms. The minimum absolute atomic E-state index is 0.363. The van der Waals surface area contributed by atoms with E-state index in [9.17, 15) is 0 Å². The normalized spacial score (nSPS) is 61.1. The summed E-state index contributed by atoms with van der Waals surface area (Å²) in [5.41, 5.74) is 0. The Morgan fingerprint density at radius 2 is 2.09 bits per heavy atom. The fourth-order valence-electron chi connectivity index (χ4n) is 2.17. The first-order valence-corrected chi connectivity index (χ1v) is 4.30. The molecule has 3 fully saturated rings. The van der Waals surface area contributed by atoms with Crippen LogP contribution in [0.2, 0.25) is 0 Å². The molecule has 0 spiro atoms. The molecule has 3 rings (SSSR count). The first kappa shape index (κ1) is 6.40. The zero-order chi connectivity index (χ0) is 7.59. The van der Waals surface area contributed by atoms with Crippen molar-refractivity contribution in [2.45, 2.75) is 38.0 Å². The number of fused-ring (bicyclic) bond motifs is 2. The van der Waals surface area contributed by atoms with Crippen molar-refractivity contribution < 1.29 is 9.47 Å². The summed E-state index contributed by atoms with van der Waals surface area (Å²) in [6.07, 6.45) is 2.91. The maximum Gasteiger partial charge on any atom is 0.139 e. The summed E-state index contributed by atoms with van der Waals surface area (Å²) in [5, 5.41) is 0. The number of nitrogens with zero attached hydrogens (tertiary/aromatic N) is 1. The largest absolute Gasteiger partial charge is 0.353 e. The second kappa shape index (κ2) is 1.79.